The summed E-state index contributed by atoms with van der Waals surface area (Å²) in [6.45, 7) is 5.87. The Balaban J connectivity index is 0.896. The highest BCUT2D eigenvalue weighted by Crippen LogP contribution is 2.50. The van der Waals surface area contributed by atoms with E-state index in [1.54, 1.807) is 33.5 Å². The molecule has 5 aliphatic rings. The number of carbonyl (C=O) groups excluding carboxylic acids is 4. The molecule has 6 aromatic rings. The molecule has 0 bridgehead atoms. The van der Waals surface area contributed by atoms with Crippen molar-refractivity contribution in [3.8, 4) is 39.5 Å². The summed E-state index contributed by atoms with van der Waals surface area (Å²) in [6, 6.07) is 13.7. The molecule has 5 atom stereocenters. The van der Waals surface area contributed by atoms with Gasteiger partial charge in [-0.25, -0.2) is 23.9 Å². The second-order valence-electron chi connectivity index (χ2n) is 19.7. The number of carbonyl (C=O) groups is 4. The monoisotopic (exact) mass is 987 g/mol. The molecule has 11 rings (SSSR count). The number of rotatable bonds is 12. The van der Waals surface area contributed by atoms with Crippen molar-refractivity contribution in [1.29, 1.82) is 0 Å². The molecule has 0 spiro atoms. The third-order valence-corrected chi connectivity index (χ3v) is 16.1. The molecule has 372 valence electrons. The molecule has 2 aromatic carbocycles. The number of nitrogens with one attached hydrogen (secondary N) is 4. The summed E-state index contributed by atoms with van der Waals surface area (Å²) in [5, 5.41) is 6.40. The lowest BCUT2D eigenvalue weighted by atomic mass is 9.90. The SMILES string of the molecule is COC(=O)N[C@H](C(=O)N1CCC[C@H]1c1ncc(-c2ccc3c(c2)cc2n3C(c3ccc(C4CC4)s3)Oc3cc(-c4cnc([C@@H]5CCCN5C(=O)[C@@H](NC(=O)OC)C5CCOCC5)[nH]4)cc(F)c3-2)[nH]1)C(C)C. The van der Waals surface area contributed by atoms with Gasteiger partial charge in [-0.2, -0.15) is 0 Å². The summed E-state index contributed by atoms with van der Waals surface area (Å²) in [6.07, 6.45) is 8.16. The molecule has 17 nitrogen and oxygen atoms in total. The smallest absolute Gasteiger partial charge is 0.407 e. The number of aromatic amines is 2. The Hall–Kier alpha value is -6.73. The van der Waals surface area contributed by atoms with Crippen molar-refractivity contribution in [2.75, 3.05) is 40.5 Å². The number of imidazole rings is 2. The zero-order valence-corrected chi connectivity index (χ0v) is 41.0. The summed E-state index contributed by atoms with van der Waals surface area (Å²) in [5.41, 5.74) is 4.70. The number of likely N-dealkylation sites (tertiary alicyclic amines) is 2. The first-order chi connectivity index (χ1) is 34.5. The van der Waals surface area contributed by atoms with E-state index >= 15 is 4.39 Å². The van der Waals surface area contributed by atoms with Crippen molar-refractivity contribution in [3.63, 3.8) is 0 Å². The maximum absolute atomic E-state index is 17.0. The van der Waals surface area contributed by atoms with Crippen LogP contribution in [0.2, 0.25) is 0 Å². The maximum atomic E-state index is 17.0. The molecule has 4 aromatic heterocycles. The number of aromatic nitrogens is 5. The fourth-order valence-electron chi connectivity index (χ4n) is 11.0. The van der Waals surface area contributed by atoms with Gasteiger partial charge in [-0.15, -0.1) is 11.3 Å². The van der Waals surface area contributed by atoms with Gasteiger partial charge in [-0.1, -0.05) is 19.9 Å². The molecule has 1 saturated carbocycles. The van der Waals surface area contributed by atoms with Gasteiger partial charge in [0.15, 0.2) is 0 Å². The lowest BCUT2D eigenvalue weighted by molar-refractivity contribution is -0.137. The Bertz CT molecular complexity index is 3010. The second kappa shape index (κ2) is 19.1. The van der Waals surface area contributed by atoms with E-state index in [1.165, 1.54) is 38.0 Å². The van der Waals surface area contributed by atoms with Gasteiger partial charge in [0.2, 0.25) is 18.0 Å². The number of methoxy groups -OCH3 is 2. The molecule has 8 heterocycles. The number of hydrogen-bond donors (Lipinski definition) is 4. The van der Waals surface area contributed by atoms with Crippen LogP contribution >= 0.6 is 11.3 Å². The number of hydrogen-bond acceptors (Lipinski definition) is 11. The van der Waals surface area contributed by atoms with Crippen LogP contribution in [0, 0.1) is 17.7 Å². The first-order valence-electron chi connectivity index (χ1n) is 24.7. The summed E-state index contributed by atoms with van der Waals surface area (Å²) in [5.74, 6) is 1.14. The van der Waals surface area contributed by atoms with Gasteiger partial charge in [-0.3, -0.25) is 14.2 Å². The van der Waals surface area contributed by atoms with Crippen LogP contribution < -0.4 is 15.4 Å². The van der Waals surface area contributed by atoms with E-state index < -0.39 is 36.3 Å². The van der Waals surface area contributed by atoms with E-state index in [2.05, 4.69) is 43.4 Å². The third kappa shape index (κ3) is 8.80. The minimum atomic E-state index is -0.764. The molecule has 3 saturated heterocycles. The molecule has 0 radical (unpaired) electrons. The van der Waals surface area contributed by atoms with E-state index in [-0.39, 0.29) is 35.7 Å². The average Bonchev–Trinajstić information content (AvgIpc) is 4.11. The van der Waals surface area contributed by atoms with Gasteiger partial charge < -0.3 is 49.3 Å². The lowest BCUT2D eigenvalue weighted by Crippen LogP contribution is -2.53. The van der Waals surface area contributed by atoms with E-state index in [4.69, 9.17) is 28.9 Å². The number of benzene rings is 2. The zero-order chi connectivity index (χ0) is 49.1. The Labute approximate surface area is 413 Å². The predicted octanol–water partition coefficient (Wildman–Crippen LogP) is 8.96. The van der Waals surface area contributed by atoms with Crippen molar-refractivity contribution in [1.82, 2.24) is 44.9 Å². The van der Waals surface area contributed by atoms with Gasteiger partial charge in [0, 0.05) is 47.7 Å². The summed E-state index contributed by atoms with van der Waals surface area (Å²) >= 11 is 1.73. The van der Waals surface area contributed by atoms with Gasteiger partial charge >= 0.3 is 12.2 Å². The first-order valence-corrected chi connectivity index (χ1v) is 25.5. The Morgan fingerprint density at radius 3 is 2.08 bits per heavy atom. The van der Waals surface area contributed by atoms with E-state index in [1.807, 2.05) is 38.1 Å². The minimum Gasteiger partial charge on any atom is -0.464 e. The van der Waals surface area contributed by atoms with Gasteiger partial charge in [0.1, 0.15) is 35.3 Å². The van der Waals surface area contributed by atoms with E-state index in [9.17, 15) is 19.2 Å². The Morgan fingerprint density at radius 1 is 0.775 bits per heavy atom. The molecule has 4 fully saturated rings. The van der Waals surface area contributed by atoms with Crippen LogP contribution in [0.5, 0.6) is 5.75 Å². The maximum Gasteiger partial charge on any atom is 0.407 e. The highest BCUT2D eigenvalue weighted by molar-refractivity contribution is 7.12. The molecular weight excluding hydrogens is 930 g/mol. The van der Waals surface area contributed by atoms with Crippen LogP contribution in [0.1, 0.15) is 111 Å². The highest BCUT2D eigenvalue weighted by atomic mass is 32.1. The van der Waals surface area contributed by atoms with Crippen LogP contribution in [0.15, 0.2) is 60.9 Å². The van der Waals surface area contributed by atoms with Gasteiger partial charge in [0.05, 0.1) is 71.7 Å². The summed E-state index contributed by atoms with van der Waals surface area (Å²) in [4.78, 5) is 75.0. The van der Waals surface area contributed by atoms with Crippen molar-refractivity contribution in [2.24, 2.45) is 11.8 Å². The third-order valence-electron chi connectivity index (χ3n) is 14.9. The van der Waals surface area contributed by atoms with Crippen LogP contribution in [-0.4, -0.2) is 111 Å². The minimum absolute atomic E-state index is 0.0950. The quantitative estimate of drug-likeness (QED) is 0.0918. The zero-order valence-electron chi connectivity index (χ0n) is 40.2. The van der Waals surface area contributed by atoms with Crippen LogP contribution in [0.4, 0.5) is 14.0 Å². The summed E-state index contributed by atoms with van der Waals surface area (Å²) in [7, 11) is 2.57. The number of nitrogens with zero attached hydrogens (tertiary/aromatic N) is 5. The van der Waals surface area contributed by atoms with Crippen LogP contribution in [0.3, 0.4) is 0 Å². The molecule has 4 aliphatic heterocycles. The average molecular weight is 988 g/mol. The van der Waals surface area contributed by atoms with Crippen molar-refractivity contribution in [3.05, 3.63) is 88.1 Å². The molecule has 1 unspecified atom stereocenters. The number of fused-ring (bicyclic) bond motifs is 5. The Kier molecular flexibility index (Phi) is 12.6. The first kappa shape index (κ1) is 46.6. The fraction of sp³-hybridized carbons (Fsp3) is 0.462. The number of alkyl carbamates (subject to hydrolysis) is 2. The number of halogens is 1. The second-order valence-corrected chi connectivity index (χ2v) is 20.8. The fourth-order valence-corrected chi connectivity index (χ4v) is 12.2. The summed E-state index contributed by atoms with van der Waals surface area (Å²) < 4.78 is 41.3. The number of ether oxygens (including phenoxy) is 4. The number of thiophene rings is 1. The van der Waals surface area contributed by atoms with E-state index in [0.717, 1.165) is 46.3 Å². The molecular formula is C52H58FN9O8S. The molecule has 19 heteroatoms. The molecule has 4 N–H and O–H groups in total. The number of H-pyrrole nitrogens is 2. The molecule has 4 amide bonds. The highest BCUT2D eigenvalue weighted by Gasteiger charge is 2.42. The largest absolute Gasteiger partial charge is 0.464 e. The topological polar surface area (TPSA) is 198 Å². The van der Waals surface area contributed by atoms with Gasteiger partial charge in [0.25, 0.3) is 0 Å². The normalized spacial score (nSPS) is 20.9. The molecule has 71 heavy (non-hydrogen) atoms. The Morgan fingerprint density at radius 2 is 1.42 bits per heavy atom. The standard InChI is InChI=1S/C52H58FN9O8S/c1-27(2)44(58-51(65)67-3)48(63)60-17-5-7-37(60)46-54-25-34(56-46)30-11-12-36-32(21-30)23-39-43-33(53)22-31(24-40(43)70-50(62(36)39)42-14-13-41(71-42)28-9-10-28)35-26-55-47(57-35)38-8-6-18-61(38)49(64)45(59-52(66)68-4)29-15-19-69-20-16-29/h11-14,21-29,37-38,44-45,50H,5-10,15-20H2,1-4H3,(H,54,56)(H,55,57)(H,58,65)(H,59,66)/t37-,38-,44-,45-,50?/m0/s1. The van der Waals surface area contributed by atoms with Crippen molar-refractivity contribution in [2.45, 2.75) is 102 Å². The van der Waals surface area contributed by atoms with Crippen molar-refractivity contribution >= 4 is 46.2 Å². The van der Waals surface area contributed by atoms with Crippen LogP contribution in [0.25, 0.3) is 44.7 Å². The lowest BCUT2D eigenvalue weighted by Gasteiger charge is -2.34. The van der Waals surface area contributed by atoms with Crippen LogP contribution in [-0.2, 0) is 23.8 Å². The van der Waals surface area contributed by atoms with Gasteiger partial charge in [-0.05, 0) is 112 Å². The van der Waals surface area contributed by atoms with Crippen molar-refractivity contribution < 1.29 is 42.5 Å². The van der Waals surface area contributed by atoms with E-state index in [0.29, 0.717) is 91.4 Å². The predicted molar refractivity (Wildman–Crippen MR) is 262 cm³/mol. The molecule has 1 aliphatic carbocycles. The number of amides is 4.